The first kappa shape index (κ1) is 19.2. The Balaban J connectivity index is 1.19. The van der Waals surface area contributed by atoms with Crippen LogP contribution in [0.15, 0.2) is 24.3 Å². The van der Waals surface area contributed by atoms with Gasteiger partial charge >= 0.3 is 0 Å². The van der Waals surface area contributed by atoms with E-state index in [9.17, 15) is 9.59 Å². The molecule has 30 heavy (non-hydrogen) atoms. The van der Waals surface area contributed by atoms with Gasteiger partial charge in [0.2, 0.25) is 11.8 Å². The maximum atomic E-state index is 12.8. The molecule has 2 aromatic heterocycles. The first-order valence-electron chi connectivity index (χ1n) is 10.6. The molecule has 2 aliphatic rings. The van der Waals surface area contributed by atoms with Crippen LogP contribution < -0.4 is 5.32 Å². The van der Waals surface area contributed by atoms with E-state index < -0.39 is 0 Å². The Morgan fingerprint density at radius 2 is 2.10 bits per heavy atom. The van der Waals surface area contributed by atoms with Gasteiger partial charge in [-0.15, -0.1) is 11.3 Å². The molecule has 1 fully saturated rings. The minimum atomic E-state index is 0.0511. The van der Waals surface area contributed by atoms with Crippen LogP contribution >= 0.6 is 11.3 Å². The fourth-order valence-electron chi connectivity index (χ4n) is 4.05. The molecule has 2 amide bonds. The maximum absolute atomic E-state index is 12.8. The van der Waals surface area contributed by atoms with Gasteiger partial charge in [-0.3, -0.25) is 14.3 Å². The summed E-state index contributed by atoms with van der Waals surface area (Å²) in [5.41, 5.74) is 3.13. The lowest BCUT2D eigenvalue weighted by molar-refractivity contribution is -0.132. The summed E-state index contributed by atoms with van der Waals surface area (Å²) in [6.45, 7) is 1.21. The Morgan fingerprint density at radius 1 is 1.27 bits per heavy atom. The van der Waals surface area contributed by atoms with Crippen molar-refractivity contribution in [1.29, 1.82) is 0 Å². The Morgan fingerprint density at radius 3 is 2.90 bits per heavy atom. The predicted octanol–water partition coefficient (Wildman–Crippen LogP) is 3.29. The van der Waals surface area contributed by atoms with Crippen LogP contribution in [0, 0.1) is 5.92 Å². The van der Waals surface area contributed by atoms with Gasteiger partial charge in [-0.25, -0.2) is 4.98 Å². The molecular formula is C22H25N5O2S. The average molecular weight is 424 g/mol. The summed E-state index contributed by atoms with van der Waals surface area (Å²) >= 11 is 1.71. The van der Waals surface area contributed by atoms with Gasteiger partial charge in [-0.1, -0.05) is 12.1 Å². The largest absolute Gasteiger partial charge is 0.338 e. The van der Waals surface area contributed by atoms with Gasteiger partial charge in [-0.05, 0) is 37.8 Å². The molecule has 3 heterocycles. The second-order valence-corrected chi connectivity index (χ2v) is 9.27. The number of nitrogens with one attached hydrogen (secondary N) is 1. The zero-order chi connectivity index (χ0) is 20.7. The quantitative estimate of drug-likeness (QED) is 0.660. The van der Waals surface area contributed by atoms with E-state index in [1.807, 2.05) is 34.8 Å². The molecule has 3 aromatic rings. The van der Waals surface area contributed by atoms with Crippen molar-refractivity contribution in [3.05, 3.63) is 40.5 Å². The Bertz CT molecular complexity index is 1080. The minimum absolute atomic E-state index is 0.0511. The number of aromatic nitrogens is 3. The average Bonchev–Trinajstić information content (AvgIpc) is 3.45. The fraction of sp³-hybridized carbons (Fsp3) is 0.455. The zero-order valence-electron chi connectivity index (χ0n) is 17.1. The summed E-state index contributed by atoms with van der Waals surface area (Å²) in [6.07, 6.45) is 4.80. The number of hydrogen-bond donors (Lipinski definition) is 1. The van der Waals surface area contributed by atoms with Crippen molar-refractivity contribution in [3.63, 3.8) is 0 Å². The van der Waals surface area contributed by atoms with Gasteiger partial charge in [-0.2, -0.15) is 5.10 Å². The number of anilines is 1. The first-order chi connectivity index (χ1) is 14.6. The standard InChI is InChI=1S/C22H25N5O2S/c1-26-17-11-12-27(13-15(17)21(25-26)24-22(29)14-9-10-14)20(28)8-4-7-19-23-16-5-2-3-6-18(16)30-19/h2-3,5-6,14H,4,7-13H2,1H3,(H,24,25,29). The number of para-hydroxylation sites is 1. The van der Waals surface area contributed by atoms with Crippen molar-refractivity contribution in [2.45, 2.75) is 45.1 Å². The highest BCUT2D eigenvalue weighted by Crippen LogP contribution is 2.32. The molecule has 0 spiro atoms. The highest BCUT2D eigenvalue weighted by Gasteiger charge is 2.32. The molecule has 1 aromatic carbocycles. The molecule has 1 aliphatic carbocycles. The molecule has 8 heteroatoms. The third kappa shape index (κ3) is 3.84. The van der Waals surface area contributed by atoms with E-state index in [4.69, 9.17) is 0 Å². The van der Waals surface area contributed by atoms with E-state index in [2.05, 4.69) is 21.5 Å². The van der Waals surface area contributed by atoms with Crippen LogP contribution in [0.25, 0.3) is 10.2 Å². The molecule has 0 atom stereocenters. The number of rotatable bonds is 6. The lowest BCUT2D eigenvalue weighted by Gasteiger charge is -2.27. The van der Waals surface area contributed by atoms with E-state index >= 15 is 0 Å². The third-order valence-electron chi connectivity index (χ3n) is 5.90. The van der Waals surface area contributed by atoms with E-state index in [0.29, 0.717) is 25.3 Å². The van der Waals surface area contributed by atoms with Gasteiger partial charge in [0.1, 0.15) is 0 Å². The normalized spacial score (nSPS) is 16.0. The molecule has 5 rings (SSSR count). The topological polar surface area (TPSA) is 80.1 Å². The molecule has 156 valence electrons. The number of aryl methyl sites for hydroxylation is 2. The van der Waals surface area contributed by atoms with Crippen molar-refractivity contribution >= 4 is 39.2 Å². The van der Waals surface area contributed by atoms with Gasteiger partial charge in [0.05, 0.1) is 21.8 Å². The second kappa shape index (κ2) is 7.83. The maximum Gasteiger partial charge on any atom is 0.228 e. The number of carbonyl (C=O) groups is 2. The van der Waals surface area contributed by atoms with Gasteiger partial charge in [0.15, 0.2) is 5.82 Å². The van der Waals surface area contributed by atoms with Gasteiger partial charge in [0, 0.05) is 43.6 Å². The molecular weight excluding hydrogens is 398 g/mol. The Labute approximate surface area is 179 Å². The number of carbonyl (C=O) groups excluding carboxylic acids is 2. The number of hydrogen-bond acceptors (Lipinski definition) is 5. The van der Waals surface area contributed by atoms with Crippen molar-refractivity contribution < 1.29 is 9.59 Å². The summed E-state index contributed by atoms with van der Waals surface area (Å²) in [7, 11) is 1.90. The molecule has 1 N–H and O–H groups in total. The Kier molecular flexibility index (Phi) is 5.02. The molecule has 7 nitrogen and oxygen atoms in total. The van der Waals surface area contributed by atoms with E-state index in [0.717, 1.165) is 53.9 Å². The molecule has 0 radical (unpaired) electrons. The van der Waals surface area contributed by atoms with Crippen LogP contribution in [-0.2, 0) is 36.0 Å². The van der Waals surface area contributed by atoms with Crippen LogP contribution in [0.3, 0.4) is 0 Å². The van der Waals surface area contributed by atoms with Crippen LogP contribution in [-0.4, -0.2) is 38.0 Å². The van der Waals surface area contributed by atoms with Crippen LogP contribution in [0.5, 0.6) is 0 Å². The van der Waals surface area contributed by atoms with Crippen molar-refractivity contribution in [3.8, 4) is 0 Å². The number of fused-ring (bicyclic) bond motifs is 2. The lowest BCUT2D eigenvalue weighted by atomic mass is 10.1. The summed E-state index contributed by atoms with van der Waals surface area (Å²) < 4.78 is 3.03. The van der Waals surface area contributed by atoms with Crippen molar-refractivity contribution in [2.75, 3.05) is 11.9 Å². The molecule has 0 bridgehead atoms. The monoisotopic (exact) mass is 423 g/mol. The van der Waals surface area contributed by atoms with E-state index in [1.165, 1.54) is 4.70 Å². The van der Waals surface area contributed by atoms with Gasteiger partial charge < -0.3 is 10.2 Å². The number of nitrogens with zero attached hydrogens (tertiary/aromatic N) is 4. The van der Waals surface area contributed by atoms with Crippen LogP contribution in [0.2, 0.25) is 0 Å². The number of benzene rings is 1. The summed E-state index contributed by atoms with van der Waals surface area (Å²) in [4.78, 5) is 31.6. The number of amides is 2. The molecule has 1 aliphatic heterocycles. The zero-order valence-corrected chi connectivity index (χ0v) is 17.9. The predicted molar refractivity (Wildman–Crippen MR) is 116 cm³/mol. The Hall–Kier alpha value is -2.74. The van der Waals surface area contributed by atoms with E-state index in [-0.39, 0.29) is 17.7 Å². The summed E-state index contributed by atoms with van der Waals surface area (Å²) in [6, 6.07) is 8.14. The lowest BCUT2D eigenvalue weighted by Crippen LogP contribution is -2.36. The van der Waals surface area contributed by atoms with Crippen LogP contribution in [0.4, 0.5) is 5.82 Å². The minimum Gasteiger partial charge on any atom is -0.338 e. The summed E-state index contributed by atoms with van der Waals surface area (Å²) in [5.74, 6) is 0.961. The van der Waals surface area contributed by atoms with Gasteiger partial charge in [0.25, 0.3) is 0 Å². The molecule has 1 saturated carbocycles. The summed E-state index contributed by atoms with van der Waals surface area (Å²) in [5, 5.41) is 8.56. The highest BCUT2D eigenvalue weighted by atomic mass is 32.1. The second-order valence-electron chi connectivity index (χ2n) is 8.16. The van der Waals surface area contributed by atoms with Crippen LogP contribution in [0.1, 0.15) is 41.9 Å². The smallest absolute Gasteiger partial charge is 0.228 e. The molecule has 0 saturated heterocycles. The van der Waals surface area contributed by atoms with Crippen molar-refractivity contribution in [1.82, 2.24) is 19.7 Å². The highest BCUT2D eigenvalue weighted by molar-refractivity contribution is 7.18. The van der Waals surface area contributed by atoms with E-state index in [1.54, 1.807) is 11.3 Å². The number of thiazole rings is 1. The molecule has 0 unspecified atom stereocenters. The SMILES string of the molecule is Cn1nc(NC(=O)C2CC2)c2c1CCN(C(=O)CCCc1nc3ccccc3s1)C2. The fourth-order valence-corrected chi connectivity index (χ4v) is 5.05. The first-order valence-corrected chi connectivity index (χ1v) is 11.4. The third-order valence-corrected chi connectivity index (χ3v) is 7.00. The van der Waals surface area contributed by atoms with Crippen molar-refractivity contribution in [2.24, 2.45) is 13.0 Å².